The summed E-state index contributed by atoms with van der Waals surface area (Å²) >= 11 is 0. The van der Waals surface area contributed by atoms with Crippen molar-refractivity contribution in [3.05, 3.63) is 0 Å². The van der Waals surface area contributed by atoms with Crippen molar-refractivity contribution in [2.45, 2.75) is 106 Å². The van der Waals surface area contributed by atoms with E-state index < -0.39 is 20.5 Å². The Morgan fingerprint density at radius 3 is 1.50 bits per heavy atom. The van der Waals surface area contributed by atoms with Gasteiger partial charge < -0.3 is 15.4 Å². The summed E-state index contributed by atoms with van der Waals surface area (Å²) in [5.41, 5.74) is 5.16. The minimum Gasteiger partial charge on any atom is -0.480 e. The van der Waals surface area contributed by atoms with Crippen molar-refractivity contribution in [1.29, 1.82) is 5.26 Å². The molecule has 0 aromatic heterocycles. The fraction of sp³-hybridized carbons (Fsp3) is 0.900. The van der Waals surface area contributed by atoms with Crippen molar-refractivity contribution >= 4 is 14.4 Å². The molecule has 0 aromatic rings. The Hall–Kier alpha value is -0.770. The van der Waals surface area contributed by atoms with E-state index in [2.05, 4.69) is 70.8 Å². The average Bonchev–Trinajstić information content (AvgIpc) is 2.53. The first-order chi connectivity index (χ1) is 12.8. The number of carbonyl (C=O) groups is 1. The van der Waals surface area contributed by atoms with Gasteiger partial charge in [-0.25, -0.2) is 9.34 Å². The van der Waals surface area contributed by atoms with Crippen molar-refractivity contribution < 1.29 is 14.4 Å². The van der Waals surface area contributed by atoms with Crippen LogP contribution in [0.15, 0.2) is 0 Å². The lowest BCUT2D eigenvalue weighted by Gasteiger charge is -2.45. The van der Waals surface area contributed by atoms with Gasteiger partial charge in [-0.15, -0.1) is 0 Å². The molecule has 0 radical (unpaired) electrons. The highest BCUT2D eigenvalue weighted by atomic mass is 31.2. The summed E-state index contributed by atoms with van der Waals surface area (Å²) in [6.07, 6.45) is 0.451. The second-order valence-electron chi connectivity index (χ2n) is 8.24. The molecule has 0 aliphatic carbocycles. The van der Waals surface area contributed by atoms with Crippen LogP contribution >= 0.6 is 8.45 Å². The highest BCUT2D eigenvalue weighted by Crippen LogP contribution is 2.50. The number of rotatable bonds is 11. The zero-order valence-corrected chi connectivity index (χ0v) is 20.4. The Labute approximate surface area is 174 Å². The van der Waals surface area contributed by atoms with Crippen molar-refractivity contribution in [1.82, 2.24) is 9.34 Å². The number of aliphatic carboxylic acids is 1. The lowest BCUT2D eigenvalue weighted by molar-refractivity contribution is -0.139. The Kier molecular flexibility index (Phi) is 15.9. The Morgan fingerprint density at radius 2 is 1.32 bits per heavy atom. The zero-order valence-electron chi connectivity index (χ0n) is 19.5. The van der Waals surface area contributed by atoms with Crippen LogP contribution < -0.4 is 5.73 Å². The molecule has 28 heavy (non-hydrogen) atoms. The van der Waals surface area contributed by atoms with Gasteiger partial charge in [-0.3, -0.25) is 4.79 Å². The van der Waals surface area contributed by atoms with Gasteiger partial charge in [0, 0.05) is 24.2 Å². The molecule has 0 fully saturated rings. The Bertz CT molecular complexity index is 429. The molecule has 3 N–H and O–H groups in total. The van der Waals surface area contributed by atoms with Crippen molar-refractivity contribution in [2.75, 3.05) is 6.61 Å². The standard InChI is InChI=1S/C15H32N3OP.C5H11NO2/c1-12(2)17(13(3)4)20(19-11-9-10-16)18(14(5)6)15(7)8;1-3(2)4(6)5(7)8/h12-15H,9,11H2,1-8H3;3-4H,6H2,1-2H3,(H,7,8)/t;4-/m.0/s1. The Balaban J connectivity index is 0. The molecule has 0 amide bonds. The van der Waals surface area contributed by atoms with Crippen molar-refractivity contribution in [2.24, 2.45) is 11.7 Å². The summed E-state index contributed by atoms with van der Waals surface area (Å²) in [7, 11) is -0.841. The van der Waals surface area contributed by atoms with Crippen LogP contribution in [0.1, 0.15) is 75.7 Å². The first-order valence-corrected chi connectivity index (χ1v) is 11.3. The molecule has 0 aliphatic heterocycles. The van der Waals surface area contributed by atoms with E-state index in [1.54, 1.807) is 13.8 Å². The van der Waals surface area contributed by atoms with Gasteiger partial charge in [0.2, 0.25) is 0 Å². The Morgan fingerprint density at radius 1 is 0.964 bits per heavy atom. The van der Waals surface area contributed by atoms with Gasteiger partial charge in [0.05, 0.1) is 19.1 Å². The molecule has 8 heteroatoms. The number of nitrogens with zero attached hydrogens (tertiary/aromatic N) is 3. The first kappa shape index (κ1) is 29.4. The van der Waals surface area contributed by atoms with Gasteiger partial charge in [-0.05, 0) is 61.3 Å². The summed E-state index contributed by atoms with van der Waals surface area (Å²) in [5.74, 6) is -0.910. The summed E-state index contributed by atoms with van der Waals surface area (Å²) < 4.78 is 11.0. The van der Waals surface area contributed by atoms with Crippen LogP contribution in [0.5, 0.6) is 0 Å². The summed E-state index contributed by atoms with van der Waals surface area (Å²) in [5, 5.41) is 17.0. The highest BCUT2D eigenvalue weighted by Gasteiger charge is 2.34. The van der Waals surface area contributed by atoms with Gasteiger partial charge in [0.25, 0.3) is 0 Å². The molecule has 0 saturated carbocycles. The first-order valence-electron chi connectivity index (χ1n) is 10.1. The molecule has 0 unspecified atom stereocenters. The topological polar surface area (TPSA) is 103 Å². The lowest BCUT2D eigenvalue weighted by atomic mass is 10.1. The molecule has 0 rings (SSSR count). The van der Waals surface area contributed by atoms with E-state index in [0.717, 1.165) is 0 Å². The molecule has 0 aliphatic rings. The van der Waals surface area contributed by atoms with Crippen LogP contribution in [0.3, 0.4) is 0 Å². The van der Waals surface area contributed by atoms with Crippen LogP contribution in [0, 0.1) is 17.2 Å². The number of hydrogen-bond acceptors (Lipinski definition) is 6. The zero-order chi connectivity index (χ0) is 22.6. The molecular weight excluding hydrogens is 375 g/mol. The summed E-state index contributed by atoms with van der Waals surface area (Å²) in [6, 6.07) is 3.13. The van der Waals surface area contributed by atoms with E-state index in [4.69, 9.17) is 20.6 Å². The quantitative estimate of drug-likeness (QED) is 0.378. The van der Waals surface area contributed by atoms with Crippen LogP contribution in [0.25, 0.3) is 0 Å². The van der Waals surface area contributed by atoms with E-state index in [-0.39, 0.29) is 5.92 Å². The molecule has 0 spiro atoms. The molecule has 166 valence electrons. The van der Waals surface area contributed by atoms with E-state index in [9.17, 15) is 4.79 Å². The van der Waals surface area contributed by atoms with E-state index in [1.165, 1.54) is 0 Å². The molecule has 0 bridgehead atoms. The lowest BCUT2D eigenvalue weighted by Crippen LogP contribution is -2.43. The molecule has 0 saturated heterocycles. The number of carboxylic acids is 1. The maximum Gasteiger partial charge on any atom is 0.320 e. The third-order valence-corrected chi connectivity index (χ3v) is 6.99. The maximum atomic E-state index is 10.0. The molecule has 0 heterocycles. The minimum atomic E-state index is -0.931. The highest BCUT2D eigenvalue weighted by molar-refractivity contribution is 7.47. The van der Waals surface area contributed by atoms with Gasteiger partial charge >= 0.3 is 5.97 Å². The van der Waals surface area contributed by atoms with Gasteiger partial charge in [-0.2, -0.15) is 5.26 Å². The van der Waals surface area contributed by atoms with Gasteiger partial charge in [0.1, 0.15) is 6.04 Å². The van der Waals surface area contributed by atoms with Crippen LogP contribution in [-0.2, 0) is 9.32 Å². The van der Waals surface area contributed by atoms with E-state index >= 15 is 0 Å². The number of nitriles is 1. The van der Waals surface area contributed by atoms with Crippen molar-refractivity contribution in [3.8, 4) is 6.07 Å². The third kappa shape index (κ3) is 11.3. The predicted molar refractivity (Wildman–Crippen MR) is 118 cm³/mol. The normalized spacial score (nSPS) is 13.1. The predicted octanol–water partition coefficient (Wildman–Crippen LogP) is 4.44. The van der Waals surface area contributed by atoms with E-state index in [1.807, 2.05) is 0 Å². The molecular formula is C20H43N4O3P. The van der Waals surface area contributed by atoms with Crippen LogP contribution in [0.4, 0.5) is 0 Å². The largest absolute Gasteiger partial charge is 0.480 e. The van der Waals surface area contributed by atoms with Gasteiger partial charge in [-0.1, -0.05) is 13.8 Å². The van der Waals surface area contributed by atoms with E-state index in [0.29, 0.717) is 37.2 Å². The average molecular weight is 419 g/mol. The smallest absolute Gasteiger partial charge is 0.320 e. The monoisotopic (exact) mass is 418 g/mol. The SMILES string of the molecule is CC(C)N(C(C)C)P(OCCC#N)N(C(C)C)C(C)C.CC(C)[C@H](N)C(=O)O. The second kappa shape index (κ2) is 15.1. The number of nitrogens with two attached hydrogens (primary N) is 1. The number of hydrogen-bond donors (Lipinski definition) is 2. The van der Waals surface area contributed by atoms with Crippen LogP contribution in [-0.4, -0.2) is 57.2 Å². The maximum absolute atomic E-state index is 10.0. The summed E-state index contributed by atoms with van der Waals surface area (Å²) in [6.45, 7) is 21.7. The molecule has 7 nitrogen and oxygen atoms in total. The summed E-state index contributed by atoms with van der Waals surface area (Å²) in [4.78, 5) is 10.0. The fourth-order valence-electron chi connectivity index (χ4n) is 2.69. The molecule has 1 atom stereocenters. The second-order valence-corrected chi connectivity index (χ2v) is 9.92. The number of carboxylic acid groups (broad SMARTS) is 1. The fourth-order valence-corrected chi connectivity index (χ4v) is 5.03. The van der Waals surface area contributed by atoms with Crippen molar-refractivity contribution in [3.63, 3.8) is 0 Å². The minimum absolute atomic E-state index is 0.0208. The van der Waals surface area contributed by atoms with Crippen LogP contribution in [0.2, 0.25) is 0 Å². The third-order valence-electron chi connectivity index (χ3n) is 3.94. The van der Waals surface area contributed by atoms with Gasteiger partial charge in [0.15, 0.2) is 8.45 Å². The molecule has 0 aromatic carbocycles.